The molecule has 26 heavy (non-hydrogen) atoms. The molecule has 1 aromatic carbocycles. The number of nitrogens with zero attached hydrogens (tertiary/aromatic N) is 2. The van der Waals surface area contributed by atoms with E-state index in [9.17, 15) is 22.1 Å². The summed E-state index contributed by atoms with van der Waals surface area (Å²) in [7, 11) is 1.35. The molecule has 0 spiro atoms. The molecule has 0 fully saturated rings. The fraction of sp³-hybridized carbons (Fsp3) is 0.438. The third-order valence-corrected chi connectivity index (χ3v) is 5.41. The Balaban J connectivity index is 2.53. The van der Waals surface area contributed by atoms with Crippen LogP contribution in [0.4, 0.5) is 17.6 Å². The topological polar surface area (TPSA) is 52.9 Å². The van der Waals surface area contributed by atoms with Crippen LogP contribution in [0.15, 0.2) is 24.3 Å². The number of halogens is 5. The van der Waals surface area contributed by atoms with Crippen LogP contribution in [0, 0.1) is 5.82 Å². The first kappa shape index (κ1) is 21.0. The summed E-state index contributed by atoms with van der Waals surface area (Å²) in [5.74, 6) is -0.660. The van der Waals surface area contributed by atoms with Crippen molar-refractivity contribution in [2.45, 2.75) is 37.7 Å². The average Bonchev–Trinajstić information content (AvgIpc) is 2.88. The van der Waals surface area contributed by atoms with Gasteiger partial charge in [-0.05, 0) is 44.5 Å². The van der Waals surface area contributed by atoms with Crippen molar-refractivity contribution < 1.29 is 22.1 Å². The van der Waals surface area contributed by atoms with Gasteiger partial charge in [-0.2, -0.15) is 18.3 Å². The van der Waals surface area contributed by atoms with Gasteiger partial charge < -0.3 is 4.55 Å². The summed E-state index contributed by atoms with van der Waals surface area (Å²) in [6, 6.07) is 3.71. The molecule has 0 amide bonds. The van der Waals surface area contributed by atoms with Crippen molar-refractivity contribution in [1.82, 2.24) is 14.5 Å². The molecule has 0 aliphatic carbocycles. The van der Waals surface area contributed by atoms with Gasteiger partial charge >= 0.3 is 6.18 Å². The van der Waals surface area contributed by atoms with Crippen LogP contribution in [0.2, 0.25) is 5.02 Å². The Hall–Kier alpha value is -1.29. The molecule has 0 aliphatic heterocycles. The number of aryl methyl sites for hydroxylation is 1. The van der Waals surface area contributed by atoms with Gasteiger partial charge in [0, 0.05) is 18.4 Å². The van der Waals surface area contributed by atoms with Crippen molar-refractivity contribution in [3.05, 3.63) is 52.1 Å². The van der Waals surface area contributed by atoms with Crippen LogP contribution in [0.1, 0.15) is 43.8 Å². The Kier molecular flexibility index (Phi) is 5.96. The number of benzene rings is 1. The van der Waals surface area contributed by atoms with Gasteiger partial charge in [0.05, 0.1) is 10.7 Å². The van der Waals surface area contributed by atoms with Gasteiger partial charge in [0.25, 0.3) is 0 Å². The third-order valence-electron chi connectivity index (χ3n) is 3.56. The van der Waals surface area contributed by atoms with E-state index in [1.54, 1.807) is 20.8 Å². The number of alkyl halides is 3. The smallest absolute Gasteiger partial charge is 0.435 e. The molecule has 2 atom stereocenters. The lowest BCUT2D eigenvalue weighted by atomic mass is 10.0. The quantitative estimate of drug-likeness (QED) is 0.600. The summed E-state index contributed by atoms with van der Waals surface area (Å²) < 4.78 is 68.2. The number of hydrogen-bond acceptors (Lipinski definition) is 3. The minimum atomic E-state index is -4.62. The molecule has 1 aromatic heterocycles. The monoisotopic (exact) mass is 411 g/mol. The van der Waals surface area contributed by atoms with Crippen LogP contribution >= 0.6 is 11.6 Å². The predicted octanol–water partition coefficient (Wildman–Crippen LogP) is 4.37. The first-order valence-corrected chi connectivity index (χ1v) is 9.07. The zero-order chi connectivity index (χ0) is 19.9. The van der Waals surface area contributed by atoms with Crippen LogP contribution in [0.5, 0.6) is 0 Å². The van der Waals surface area contributed by atoms with Crippen LogP contribution in [-0.4, -0.2) is 19.1 Å². The van der Waals surface area contributed by atoms with Crippen LogP contribution in [0.3, 0.4) is 0 Å². The summed E-state index contributed by atoms with van der Waals surface area (Å²) in [5.41, 5.74) is -0.583. The molecular formula is C16H18ClF4N3OS. The molecule has 0 bridgehead atoms. The van der Waals surface area contributed by atoms with E-state index in [-0.39, 0.29) is 10.7 Å². The van der Waals surface area contributed by atoms with Crippen molar-refractivity contribution >= 4 is 23.0 Å². The van der Waals surface area contributed by atoms with Crippen molar-refractivity contribution in [3.8, 4) is 0 Å². The number of aromatic nitrogens is 2. The van der Waals surface area contributed by atoms with E-state index in [2.05, 4.69) is 9.82 Å². The lowest BCUT2D eigenvalue weighted by molar-refractivity contribution is -0.141. The zero-order valence-electron chi connectivity index (χ0n) is 14.5. The minimum absolute atomic E-state index is 0.123. The summed E-state index contributed by atoms with van der Waals surface area (Å²) >= 11 is 4.20. The molecule has 2 aromatic rings. The highest BCUT2D eigenvalue weighted by Crippen LogP contribution is 2.33. The number of nitrogens with one attached hydrogen (secondary N) is 1. The minimum Gasteiger partial charge on any atom is -0.598 e. The molecular weight excluding hydrogens is 394 g/mol. The van der Waals surface area contributed by atoms with E-state index in [1.165, 1.54) is 19.2 Å². The normalized spacial score (nSPS) is 15.2. The Morgan fingerprint density at radius 1 is 1.23 bits per heavy atom. The summed E-state index contributed by atoms with van der Waals surface area (Å²) in [6.07, 6.45) is -4.62. The van der Waals surface area contributed by atoms with Crippen LogP contribution < -0.4 is 4.72 Å². The van der Waals surface area contributed by atoms with Crippen molar-refractivity contribution in [2.24, 2.45) is 7.05 Å². The molecule has 0 radical (unpaired) electrons. The van der Waals surface area contributed by atoms with Crippen molar-refractivity contribution in [2.75, 3.05) is 0 Å². The van der Waals surface area contributed by atoms with E-state index < -0.39 is 39.8 Å². The average molecular weight is 412 g/mol. The summed E-state index contributed by atoms with van der Waals surface area (Å²) in [5, 5.41) is 3.30. The number of rotatable bonds is 4. The maximum atomic E-state index is 13.5. The molecule has 1 heterocycles. The molecule has 144 valence electrons. The molecule has 0 unspecified atom stereocenters. The van der Waals surface area contributed by atoms with E-state index in [1.807, 2.05) is 0 Å². The second-order valence-corrected chi connectivity index (χ2v) is 9.09. The van der Waals surface area contributed by atoms with E-state index in [4.69, 9.17) is 11.6 Å². The van der Waals surface area contributed by atoms with Gasteiger partial charge in [-0.25, -0.2) is 4.39 Å². The standard InChI is InChI=1S/C16H18ClF4N3OS/c1-15(2,3)26(25)23-14(9-5-6-11(18)10(17)7-9)12-8-13(16(19,20)21)22-24(12)4/h5-8,14,23H,1-4H3/t14-,26-/m1/s1. The van der Waals surface area contributed by atoms with Crippen molar-refractivity contribution in [3.63, 3.8) is 0 Å². The molecule has 10 heteroatoms. The SMILES string of the molecule is Cn1nc(C(F)(F)F)cc1[C@H](N[S@+]([O-])C(C)(C)C)c1ccc(F)c(Cl)c1. The van der Waals surface area contributed by atoms with Gasteiger partial charge in [-0.1, -0.05) is 17.7 Å². The molecule has 1 N–H and O–H groups in total. The highest BCUT2D eigenvalue weighted by Gasteiger charge is 2.37. The first-order valence-electron chi connectivity index (χ1n) is 7.55. The summed E-state index contributed by atoms with van der Waals surface area (Å²) in [6.45, 7) is 5.15. The fourth-order valence-electron chi connectivity index (χ4n) is 2.17. The largest absolute Gasteiger partial charge is 0.598 e. The van der Waals surface area contributed by atoms with Crippen LogP contribution in [-0.2, 0) is 24.6 Å². The fourth-order valence-corrected chi connectivity index (χ4v) is 3.18. The lowest BCUT2D eigenvalue weighted by Gasteiger charge is -2.28. The second kappa shape index (κ2) is 7.38. The molecule has 2 rings (SSSR count). The first-order chi connectivity index (χ1) is 11.8. The molecule has 0 aliphatic rings. The second-order valence-electron chi connectivity index (χ2n) is 6.68. The van der Waals surface area contributed by atoms with Gasteiger partial charge in [0.2, 0.25) is 0 Å². The Morgan fingerprint density at radius 2 is 1.85 bits per heavy atom. The highest BCUT2D eigenvalue weighted by atomic mass is 35.5. The van der Waals surface area contributed by atoms with Crippen molar-refractivity contribution in [1.29, 1.82) is 0 Å². The number of hydrogen-bond donors (Lipinski definition) is 1. The van der Waals surface area contributed by atoms with Gasteiger partial charge in [-0.3, -0.25) is 4.68 Å². The summed E-state index contributed by atoms with van der Waals surface area (Å²) in [4.78, 5) is 0. The van der Waals surface area contributed by atoms with Gasteiger partial charge in [0.15, 0.2) is 5.69 Å². The maximum absolute atomic E-state index is 13.5. The van der Waals surface area contributed by atoms with Gasteiger partial charge in [-0.15, -0.1) is 4.72 Å². The Labute approximate surface area is 156 Å². The third kappa shape index (κ3) is 4.70. The highest BCUT2D eigenvalue weighted by molar-refractivity contribution is 7.90. The van der Waals surface area contributed by atoms with Gasteiger partial charge in [0.1, 0.15) is 16.6 Å². The van der Waals surface area contributed by atoms with E-state index in [0.29, 0.717) is 5.56 Å². The molecule has 4 nitrogen and oxygen atoms in total. The Bertz CT molecular complexity index is 789. The lowest BCUT2D eigenvalue weighted by Crippen LogP contribution is -2.42. The van der Waals surface area contributed by atoms with Crippen LogP contribution in [0.25, 0.3) is 0 Å². The van der Waals surface area contributed by atoms with E-state index >= 15 is 0 Å². The molecule has 0 saturated carbocycles. The maximum Gasteiger partial charge on any atom is 0.435 e. The zero-order valence-corrected chi connectivity index (χ0v) is 16.1. The molecule has 0 saturated heterocycles. The predicted molar refractivity (Wildman–Crippen MR) is 92.5 cm³/mol. The Morgan fingerprint density at radius 3 is 2.31 bits per heavy atom. The van der Waals surface area contributed by atoms with E-state index in [0.717, 1.165) is 16.8 Å².